The van der Waals surface area contributed by atoms with Crippen LogP contribution in [0.3, 0.4) is 0 Å². The van der Waals surface area contributed by atoms with Crippen LogP contribution in [0.25, 0.3) is 10.9 Å². The number of pyridine rings is 1. The molecule has 25 heavy (non-hydrogen) atoms. The predicted molar refractivity (Wildman–Crippen MR) is 103 cm³/mol. The van der Waals surface area contributed by atoms with E-state index in [9.17, 15) is 9.47 Å². The number of aromatic nitrogens is 1. The van der Waals surface area contributed by atoms with Crippen molar-refractivity contribution < 1.29 is 4.21 Å². The fourth-order valence-corrected chi connectivity index (χ4v) is 4.32. The number of hydrogen-bond donors (Lipinski definition) is 1. The van der Waals surface area contributed by atoms with Gasteiger partial charge < -0.3 is 5.32 Å². The third-order valence-electron chi connectivity index (χ3n) is 4.68. The van der Waals surface area contributed by atoms with Gasteiger partial charge in [0, 0.05) is 64.1 Å². The molecule has 5 nitrogen and oxygen atoms in total. The minimum Gasteiger partial charge on any atom is -0.382 e. The second kappa shape index (κ2) is 7.28. The molecule has 1 aromatic carbocycles. The molecule has 3 rings (SSSR count). The fraction of sp³-hybridized carbons (Fsp3) is 0.444. The topological polar surface area (TPSA) is 69.0 Å². The lowest BCUT2D eigenvalue weighted by atomic mass is 10.0. The van der Waals surface area contributed by atoms with Gasteiger partial charge in [0.05, 0.1) is 16.8 Å². The molecule has 0 spiro atoms. The van der Waals surface area contributed by atoms with Crippen molar-refractivity contribution in [2.24, 2.45) is 0 Å². The Kier molecular flexibility index (Phi) is 5.28. The molecule has 1 aliphatic heterocycles. The van der Waals surface area contributed by atoms with Gasteiger partial charge in [-0.2, -0.15) is 5.26 Å². The van der Waals surface area contributed by atoms with Crippen molar-refractivity contribution in [2.45, 2.75) is 19.4 Å². The van der Waals surface area contributed by atoms with Crippen LogP contribution in [-0.4, -0.2) is 50.8 Å². The number of anilines is 1. The number of rotatable bonds is 4. The second-order valence-electron chi connectivity index (χ2n) is 6.82. The van der Waals surface area contributed by atoms with Crippen LogP contribution in [0.4, 0.5) is 5.69 Å². The van der Waals surface area contributed by atoms with Crippen molar-refractivity contribution >= 4 is 39.0 Å². The lowest BCUT2D eigenvalue weighted by Crippen LogP contribution is -2.53. The minimum absolute atomic E-state index is 0.120. The minimum atomic E-state index is -0.690. The first-order chi connectivity index (χ1) is 11.9. The SMILES string of the molecule is CC(C)(CNc1c(C#N)cnc2ccc(Cl)cc12)N1CCS(=O)CC1. The maximum absolute atomic E-state index is 11.6. The van der Waals surface area contributed by atoms with E-state index in [1.165, 1.54) is 0 Å². The Labute approximate surface area is 155 Å². The zero-order valence-electron chi connectivity index (χ0n) is 14.4. The van der Waals surface area contributed by atoms with E-state index in [1.807, 2.05) is 12.1 Å². The molecule has 0 atom stereocenters. The van der Waals surface area contributed by atoms with Gasteiger partial charge in [-0.25, -0.2) is 0 Å². The number of halogens is 1. The Hall–Kier alpha value is -1.68. The summed E-state index contributed by atoms with van der Waals surface area (Å²) in [6.07, 6.45) is 1.59. The molecule has 0 saturated carbocycles. The zero-order chi connectivity index (χ0) is 18.0. The number of hydrogen-bond acceptors (Lipinski definition) is 5. The number of benzene rings is 1. The van der Waals surface area contributed by atoms with E-state index < -0.39 is 10.8 Å². The molecule has 1 N–H and O–H groups in total. The van der Waals surface area contributed by atoms with Crippen LogP contribution in [0.2, 0.25) is 5.02 Å². The third kappa shape index (κ3) is 3.95. The molecule has 1 fully saturated rings. The van der Waals surface area contributed by atoms with Crippen LogP contribution >= 0.6 is 11.6 Å². The maximum Gasteiger partial charge on any atom is 0.103 e. The molecular formula is C18H21ClN4OS. The van der Waals surface area contributed by atoms with E-state index in [0.717, 1.165) is 41.2 Å². The monoisotopic (exact) mass is 376 g/mol. The second-order valence-corrected chi connectivity index (χ2v) is 8.95. The molecule has 0 aliphatic carbocycles. The Morgan fingerprint density at radius 1 is 1.40 bits per heavy atom. The van der Waals surface area contributed by atoms with Crippen molar-refractivity contribution in [3.63, 3.8) is 0 Å². The van der Waals surface area contributed by atoms with Crippen LogP contribution in [0.5, 0.6) is 0 Å². The molecule has 0 unspecified atom stereocenters. The van der Waals surface area contributed by atoms with Crippen LogP contribution in [-0.2, 0) is 10.8 Å². The van der Waals surface area contributed by atoms with E-state index in [-0.39, 0.29) is 5.54 Å². The average Bonchev–Trinajstić information content (AvgIpc) is 2.59. The van der Waals surface area contributed by atoms with Crippen molar-refractivity contribution in [3.8, 4) is 6.07 Å². The van der Waals surface area contributed by atoms with E-state index in [0.29, 0.717) is 17.1 Å². The summed E-state index contributed by atoms with van der Waals surface area (Å²) in [5.74, 6) is 1.45. The van der Waals surface area contributed by atoms with Crippen LogP contribution < -0.4 is 5.32 Å². The number of nitrogens with one attached hydrogen (secondary N) is 1. The Morgan fingerprint density at radius 2 is 2.12 bits per heavy atom. The van der Waals surface area contributed by atoms with Gasteiger partial charge in [-0.05, 0) is 32.0 Å². The molecule has 0 radical (unpaired) electrons. The van der Waals surface area contributed by atoms with Gasteiger partial charge in [-0.15, -0.1) is 0 Å². The van der Waals surface area contributed by atoms with Gasteiger partial charge in [0.1, 0.15) is 6.07 Å². The van der Waals surface area contributed by atoms with E-state index >= 15 is 0 Å². The lowest BCUT2D eigenvalue weighted by molar-refractivity contribution is 0.145. The molecule has 132 valence electrons. The Bertz CT molecular complexity index is 852. The van der Waals surface area contributed by atoms with E-state index in [4.69, 9.17) is 11.6 Å². The van der Waals surface area contributed by atoms with Gasteiger partial charge in [0.15, 0.2) is 0 Å². The molecule has 1 saturated heterocycles. The summed E-state index contributed by atoms with van der Waals surface area (Å²) in [7, 11) is -0.690. The van der Waals surface area contributed by atoms with Gasteiger partial charge in [-0.3, -0.25) is 14.1 Å². The standard InChI is InChI=1S/C18H21ClN4OS/c1-18(2,23-5-7-25(24)8-6-23)12-22-17-13(10-20)11-21-16-4-3-14(19)9-15(16)17/h3-4,9,11H,5-8,12H2,1-2H3,(H,21,22). The van der Waals surface area contributed by atoms with Crippen LogP contribution in [0, 0.1) is 11.3 Å². The molecule has 7 heteroatoms. The number of nitriles is 1. The first-order valence-corrected chi connectivity index (χ1v) is 10.1. The van der Waals surface area contributed by atoms with E-state index in [2.05, 4.69) is 35.1 Å². The Balaban J connectivity index is 1.86. The summed E-state index contributed by atoms with van der Waals surface area (Å²) in [4.78, 5) is 6.68. The third-order valence-corrected chi connectivity index (χ3v) is 6.19. The normalized spacial score (nSPS) is 16.7. The van der Waals surface area contributed by atoms with Gasteiger partial charge in [0.25, 0.3) is 0 Å². The van der Waals surface area contributed by atoms with Crippen LogP contribution in [0.1, 0.15) is 19.4 Å². The highest BCUT2D eigenvalue weighted by molar-refractivity contribution is 7.85. The zero-order valence-corrected chi connectivity index (χ0v) is 16.0. The molecule has 2 aromatic rings. The summed E-state index contributed by atoms with van der Waals surface area (Å²) < 4.78 is 11.6. The smallest absolute Gasteiger partial charge is 0.103 e. The fourth-order valence-electron chi connectivity index (χ4n) is 3.10. The van der Waals surface area contributed by atoms with Gasteiger partial charge in [-0.1, -0.05) is 11.6 Å². The summed E-state index contributed by atoms with van der Waals surface area (Å²) in [6.45, 7) is 6.65. The number of fused-ring (bicyclic) bond motifs is 1. The van der Waals surface area contributed by atoms with Gasteiger partial charge in [0.2, 0.25) is 0 Å². The Morgan fingerprint density at radius 3 is 2.80 bits per heavy atom. The summed E-state index contributed by atoms with van der Waals surface area (Å²) >= 11 is 6.14. The lowest BCUT2D eigenvalue weighted by Gasteiger charge is -2.41. The largest absolute Gasteiger partial charge is 0.382 e. The van der Waals surface area contributed by atoms with Crippen molar-refractivity contribution in [2.75, 3.05) is 36.5 Å². The van der Waals surface area contributed by atoms with Gasteiger partial charge >= 0.3 is 0 Å². The summed E-state index contributed by atoms with van der Waals surface area (Å²) in [5.41, 5.74) is 1.96. The summed E-state index contributed by atoms with van der Waals surface area (Å²) in [5, 5.41) is 14.4. The highest BCUT2D eigenvalue weighted by Crippen LogP contribution is 2.29. The maximum atomic E-state index is 11.6. The highest BCUT2D eigenvalue weighted by Gasteiger charge is 2.29. The predicted octanol–water partition coefficient (Wildman–Crippen LogP) is 3.01. The molecule has 1 aliphatic rings. The summed E-state index contributed by atoms with van der Waals surface area (Å²) in [6, 6.07) is 7.70. The van der Waals surface area contributed by atoms with Crippen LogP contribution in [0.15, 0.2) is 24.4 Å². The molecular weight excluding hydrogens is 356 g/mol. The average molecular weight is 377 g/mol. The number of nitrogens with zero attached hydrogens (tertiary/aromatic N) is 3. The first kappa shape index (κ1) is 18.1. The molecule has 2 heterocycles. The first-order valence-electron chi connectivity index (χ1n) is 8.23. The molecule has 1 aromatic heterocycles. The van der Waals surface area contributed by atoms with Crippen molar-refractivity contribution in [3.05, 3.63) is 35.0 Å². The highest BCUT2D eigenvalue weighted by atomic mass is 35.5. The van der Waals surface area contributed by atoms with Crippen molar-refractivity contribution in [1.82, 2.24) is 9.88 Å². The van der Waals surface area contributed by atoms with E-state index in [1.54, 1.807) is 12.3 Å². The van der Waals surface area contributed by atoms with Crippen molar-refractivity contribution in [1.29, 1.82) is 5.26 Å². The quantitative estimate of drug-likeness (QED) is 0.888. The molecule has 0 bridgehead atoms. The molecule has 0 amide bonds.